The minimum atomic E-state index is -3.54. The number of hydrogen-bond donors (Lipinski definition) is 0. The van der Waals surface area contributed by atoms with Crippen LogP contribution in [0.4, 0.5) is 0 Å². The Morgan fingerprint density at radius 1 is 1.00 bits per heavy atom. The smallest absolute Gasteiger partial charge is 0.263 e. The van der Waals surface area contributed by atoms with E-state index >= 15 is 0 Å². The van der Waals surface area contributed by atoms with Crippen molar-refractivity contribution >= 4 is 27.5 Å². The molecule has 3 rings (SSSR count). The van der Waals surface area contributed by atoms with Crippen molar-refractivity contribution in [2.75, 3.05) is 26.2 Å². The van der Waals surface area contributed by atoms with Gasteiger partial charge >= 0.3 is 0 Å². The lowest BCUT2D eigenvalue weighted by atomic mass is 10.2. The molecular formula is C19H21ClN2O4S. The van der Waals surface area contributed by atoms with Gasteiger partial charge in [-0.2, -0.15) is 4.31 Å². The summed E-state index contributed by atoms with van der Waals surface area (Å²) in [6.07, 6.45) is -0.706. The normalized spacial score (nSPS) is 16.7. The van der Waals surface area contributed by atoms with Crippen LogP contribution in [0.1, 0.15) is 6.92 Å². The Hall–Kier alpha value is -2.09. The highest BCUT2D eigenvalue weighted by Gasteiger charge is 2.32. The second kappa shape index (κ2) is 8.29. The summed E-state index contributed by atoms with van der Waals surface area (Å²) in [5, 5.41) is 0.441. The number of amides is 1. The van der Waals surface area contributed by atoms with Crippen molar-refractivity contribution in [1.29, 1.82) is 0 Å². The largest absolute Gasteiger partial charge is 0.479 e. The zero-order valence-corrected chi connectivity index (χ0v) is 16.5. The molecule has 2 aromatic carbocycles. The SMILES string of the molecule is C[C@H](Oc1ccccc1Cl)C(=O)N1CCN(S(=O)(=O)c2ccccc2)CC1. The number of rotatable bonds is 5. The van der Waals surface area contributed by atoms with E-state index in [1.165, 1.54) is 4.31 Å². The van der Waals surface area contributed by atoms with Crippen molar-refractivity contribution < 1.29 is 17.9 Å². The Kier molecular flexibility index (Phi) is 6.04. The van der Waals surface area contributed by atoms with Gasteiger partial charge in [-0.3, -0.25) is 4.79 Å². The van der Waals surface area contributed by atoms with Crippen LogP contribution in [0.2, 0.25) is 5.02 Å². The summed E-state index contributed by atoms with van der Waals surface area (Å²) in [4.78, 5) is 14.5. The number of para-hydroxylation sites is 1. The van der Waals surface area contributed by atoms with Crippen LogP contribution in [0.5, 0.6) is 5.75 Å². The third-order valence-corrected chi connectivity index (χ3v) is 6.64. The first-order valence-electron chi connectivity index (χ1n) is 8.65. The highest BCUT2D eigenvalue weighted by atomic mass is 35.5. The number of hydrogen-bond acceptors (Lipinski definition) is 4. The highest BCUT2D eigenvalue weighted by Crippen LogP contribution is 2.25. The summed E-state index contributed by atoms with van der Waals surface area (Å²) in [5.74, 6) is 0.261. The van der Waals surface area contributed by atoms with E-state index in [4.69, 9.17) is 16.3 Å². The lowest BCUT2D eigenvalue weighted by Crippen LogP contribution is -2.53. The number of carbonyl (C=O) groups excluding carboxylic acids is 1. The average molecular weight is 409 g/mol. The summed E-state index contributed by atoms with van der Waals surface area (Å²) in [7, 11) is -3.54. The molecule has 2 aromatic rings. The van der Waals surface area contributed by atoms with E-state index < -0.39 is 16.1 Å². The van der Waals surface area contributed by atoms with Gasteiger partial charge in [0.05, 0.1) is 9.92 Å². The van der Waals surface area contributed by atoms with Crippen molar-refractivity contribution in [3.05, 3.63) is 59.6 Å². The molecule has 6 nitrogen and oxygen atoms in total. The number of piperazine rings is 1. The number of nitrogens with zero attached hydrogens (tertiary/aromatic N) is 2. The molecule has 144 valence electrons. The molecule has 27 heavy (non-hydrogen) atoms. The molecule has 1 atom stereocenters. The molecule has 0 bridgehead atoms. The maximum absolute atomic E-state index is 12.7. The molecule has 1 saturated heterocycles. The number of sulfonamides is 1. The number of halogens is 1. The van der Waals surface area contributed by atoms with Gasteiger partial charge in [-0.25, -0.2) is 8.42 Å². The Bertz CT molecular complexity index is 897. The van der Waals surface area contributed by atoms with Crippen LogP contribution in [0.15, 0.2) is 59.5 Å². The van der Waals surface area contributed by atoms with Gasteiger partial charge in [0.25, 0.3) is 5.91 Å². The molecule has 0 aliphatic carbocycles. The molecule has 0 aromatic heterocycles. The second-order valence-corrected chi connectivity index (χ2v) is 8.58. The third kappa shape index (κ3) is 4.43. The maximum atomic E-state index is 12.7. The monoisotopic (exact) mass is 408 g/mol. The molecule has 1 heterocycles. The van der Waals surface area contributed by atoms with Crippen LogP contribution in [0.3, 0.4) is 0 Å². The van der Waals surface area contributed by atoms with Gasteiger partial charge in [0.2, 0.25) is 10.0 Å². The zero-order valence-electron chi connectivity index (χ0n) is 14.9. The number of benzene rings is 2. The molecule has 0 saturated carbocycles. The number of ether oxygens (including phenoxy) is 1. The fourth-order valence-corrected chi connectivity index (χ4v) is 4.55. The van der Waals surface area contributed by atoms with Gasteiger partial charge in [-0.15, -0.1) is 0 Å². The average Bonchev–Trinajstić information content (AvgIpc) is 2.70. The van der Waals surface area contributed by atoms with Crippen LogP contribution in [0, 0.1) is 0 Å². The van der Waals surface area contributed by atoms with E-state index in [0.29, 0.717) is 23.9 Å². The van der Waals surface area contributed by atoms with E-state index in [1.807, 2.05) is 0 Å². The maximum Gasteiger partial charge on any atom is 0.263 e. The van der Waals surface area contributed by atoms with Crippen molar-refractivity contribution in [3.8, 4) is 5.75 Å². The first-order chi connectivity index (χ1) is 12.9. The first kappa shape index (κ1) is 19.7. The summed E-state index contributed by atoms with van der Waals surface area (Å²) < 4.78 is 32.4. The van der Waals surface area contributed by atoms with E-state index in [-0.39, 0.29) is 23.9 Å². The number of carbonyl (C=O) groups is 1. The minimum absolute atomic E-state index is 0.188. The van der Waals surface area contributed by atoms with Crippen molar-refractivity contribution in [2.45, 2.75) is 17.9 Å². The van der Waals surface area contributed by atoms with Gasteiger partial charge in [-0.1, -0.05) is 41.9 Å². The van der Waals surface area contributed by atoms with Crippen LogP contribution >= 0.6 is 11.6 Å². The Balaban J connectivity index is 1.60. The van der Waals surface area contributed by atoms with Gasteiger partial charge in [0.1, 0.15) is 5.75 Å². The molecule has 1 fully saturated rings. The molecule has 0 unspecified atom stereocenters. The second-order valence-electron chi connectivity index (χ2n) is 6.23. The lowest BCUT2D eigenvalue weighted by molar-refractivity contribution is -0.139. The van der Waals surface area contributed by atoms with Gasteiger partial charge in [0, 0.05) is 26.2 Å². The Morgan fingerprint density at radius 2 is 1.59 bits per heavy atom. The lowest BCUT2D eigenvalue weighted by Gasteiger charge is -2.35. The van der Waals surface area contributed by atoms with Crippen molar-refractivity contribution in [1.82, 2.24) is 9.21 Å². The summed E-state index contributed by atoms with van der Waals surface area (Å²) in [6, 6.07) is 15.3. The van der Waals surface area contributed by atoms with E-state index in [1.54, 1.807) is 66.4 Å². The van der Waals surface area contributed by atoms with Crippen LogP contribution in [0.25, 0.3) is 0 Å². The molecule has 0 N–H and O–H groups in total. The zero-order chi connectivity index (χ0) is 19.4. The molecule has 0 radical (unpaired) electrons. The fourth-order valence-electron chi connectivity index (χ4n) is 2.93. The summed E-state index contributed by atoms with van der Waals surface area (Å²) >= 11 is 6.06. The molecule has 8 heteroatoms. The van der Waals surface area contributed by atoms with Gasteiger partial charge in [-0.05, 0) is 31.2 Å². The third-order valence-electron chi connectivity index (χ3n) is 4.42. The summed E-state index contributed by atoms with van der Waals surface area (Å²) in [5.41, 5.74) is 0. The van der Waals surface area contributed by atoms with Crippen molar-refractivity contribution in [2.24, 2.45) is 0 Å². The topological polar surface area (TPSA) is 66.9 Å². The quantitative estimate of drug-likeness (QED) is 0.762. The standard InChI is InChI=1S/C19H21ClN2O4S/c1-15(26-18-10-6-5-9-17(18)20)19(23)21-11-13-22(14-12-21)27(24,25)16-7-3-2-4-8-16/h2-10,15H,11-14H2,1H3/t15-/m0/s1. The first-order valence-corrected chi connectivity index (χ1v) is 10.5. The Labute approximate surface area is 164 Å². The molecule has 1 aliphatic heterocycles. The molecule has 1 aliphatic rings. The van der Waals surface area contributed by atoms with Crippen LogP contribution in [-0.4, -0.2) is 55.8 Å². The predicted octanol–water partition coefficient (Wildman–Crippen LogP) is 2.64. The predicted molar refractivity (Wildman–Crippen MR) is 103 cm³/mol. The van der Waals surface area contributed by atoms with Gasteiger partial charge in [0.15, 0.2) is 6.10 Å². The molecule has 0 spiro atoms. The summed E-state index contributed by atoms with van der Waals surface area (Å²) in [6.45, 7) is 2.81. The van der Waals surface area contributed by atoms with Crippen LogP contribution in [-0.2, 0) is 14.8 Å². The highest BCUT2D eigenvalue weighted by molar-refractivity contribution is 7.89. The van der Waals surface area contributed by atoms with Gasteiger partial charge < -0.3 is 9.64 Å². The van der Waals surface area contributed by atoms with Crippen molar-refractivity contribution in [3.63, 3.8) is 0 Å². The van der Waals surface area contributed by atoms with E-state index in [9.17, 15) is 13.2 Å². The van der Waals surface area contributed by atoms with Crippen LogP contribution < -0.4 is 4.74 Å². The Morgan fingerprint density at radius 3 is 2.22 bits per heavy atom. The van der Waals surface area contributed by atoms with E-state index in [0.717, 1.165) is 0 Å². The molecule has 1 amide bonds. The fraction of sp³-hybridized carbons (Fsp3) is 0.316. The molecular weight excluding hydrogens is 388 g/mol. The minimum Gasteiger partial charge on any atom is -0.479 e. The van der Waals surface area contributed by atoms with E-state index in [2.05, 4.69) is 0 Å².